The molecule has 2 unspecified atom stereocenters. The van der Waals surface area contributed by atoms with Crippen molar-refractivity contribution in [3.8, 4) is 0 Å². The number of aryl methyl sites for hydroxylation is 1. The number of nitrogens with zero attached hydrogens (tertiary/aromatic N) is 4. The lowest BCUT2D eigenvalue weighted by molar-refractivity contribution is -0.0453. The number of ether oxygens (including phenoxy) is 1. The number of morpholine rings is 1. The van der Waals surface area contributed by atoms with Crippen LogP contribution >= 0.6 is 0 Å². The van der Waals surface area contributed by atoms with E-state index in [4.69, 9.17) is 4.74 Å². The van der Waals surface area contributed by atoms with Gasteiger partial charge in [-0.25, -0.2) is 0 Å². The fourth-order valence-corrected chi connectivity index (χ4v) is 3.32. The Bertz CT molecular complexity index is 489. The summed E-state index contributed by atoms with van der Waals surface area (Å²) in [5, 5.41) is 10.9. The van der Waals surface area contributed by atoms with E-state index in [0.29, 0.717) is 6.04 Å². The van der Waals surface area contributed by atoms with E-state index in [9.17, 15) is 0 Å². The number of guanidine groups is 1. The minimum absolute atomic E-state index is 0.256. The van der Waals surface area contributed by atoms with Crippen molar-refractivity contribution in [1.82, 2.24) is 25.3 Å². The zero-order chi connectivity index (χ0) is 15.9. The minimum Gasteiger partial charge on any atom is -0.373 e. The second-order valence-electron chi connectivity index (χ2n) is 6.25. The molecule has 2 saturated heterocycles. The standard InChI is InChI=1S/C16H28N6O/c1-17-16(18-6-3-9-22-10-4-7-20-22)19-11-15-12-21-8-2-5-14(21)13-23-15/h4,7,10,14-15H,2-3,5-6,8-9,11-13H2,1H3,(H2,17,18,19). The molecule has 7 nitrogen and oxygen atoms in total. The number of aliphatic imine (C=N–C) groups is 1. The van der Waals surface area contributed by atoms with Crippen LogP contribution in [0.4, 0.5) is 0 Å². The largest absolute Gasteiger partial charge is 0.373 e. The summed E-state index contributed by atoms with van der Waals surface area (Å²) in [7, 11) is 1.81. The first-order valence-electron chi connectivity index (χ1n) is 8.63. The summed E-state index contributed by atoms with van der Waals surface area (Å²) in [6.07, 6.45) is 7.67. The summed E-state index contributed by atoms with van der Waals surface area (Å²) >= 11 is 0. The van der Waals surface area contributed by atoms with Crippen LogP contribution in [0.3, 0.4) is 0 Å². The van der Waals surface area contributed by atoms with Crippen LogP contribution in [-0.4, -0.2) is 72.6 Å². The predicted octanol–water partition coefficient (Wildman–Crippen LogP) is 0.301. The Morgan fingerprint density at radius 3 is 3.22 bits per heavy atom. The first kappa shape index (κ1) is 16.3. The molecule has 2 atom stereocenters. The van der Waals surface area contributed by atoms with Gasteiger partial charge in [-0.1, -0.05) is 0 Å². The van der Waals surface area contributed by atoms with Gasteiger partial charge >= 0.3 is 0 Å². The van der Waals surface area contributed by atoms with Crippen molar-refractivity contribution in [2.24, 2.45) is 4.99 Å². The van der Waals surface area contributed by atoms with Crippen LogP contribution in [0.1, 0.15) is 19.3 Å². The van der Waals surface area contributed by atoms with Crippen molar-refractivity contribution >= 4 is 5.96 Å². The first-order chi connectivity index (χ1) is 11.3. The van der Waals surface area contributed by atoms with Gasteiger partial charge in [0.2, 0.25) is 0 Å². The molecule has 0 spiro atoms. The van der Waals surface area contributed by atoms with E-state index in [1.807, 2.05) is 23.1 Å². The Morgan fingerprint density at radius 2 is 2.39 bits per heavy atom. The summed E-state index contributed by atoms with van der Waals surface area (Å²) < 4.78 is 7.91. The van der Waals surface area contributed by atoms with E-state index < -0.39 is 0 Å². The van der Waals surface area contributed by atoms with Crippen molar-refractivity contribution in [3.05, 3.63) is 18.5 Å². The maximum Gasteiger partial charge on any atom is 0.191 e. The Labute approximate surface area is 138 Å². The third kappa shape index (κ3) is 4.68. The van der Waals surface area contributed by atoms with Crippen LogP contribution in [0, 0.1) is 0 Å². The molecule has 0 amide bonds. The van der Waals surface area contributed by atoms with Gasteiger partial charge in [-0.05, 0) is 31.9 Å². The Hall–Kier alpha value is -1.60. The molecule has 0 aliphatic carbocycles. The molecular formula is C16H28N6O. The molecule has 1 aromatic rings. The van der Waals surface area contributed by atoms with Gasteiger partial charge in [-0.2, -0.15) is 5.10 Å². The summed E-state index contributed by atoms with van der Waals surface area (Å²) in [4.78, 5) is 6.84. The SMILES string of the molecule is CN=C(NCCCn1cccn1)NCC1CN2CCCC2CO1. The van der Waals surface area contributed by atoms with Gasteiger partial charge in [0, 0.05) is 51.7 Å². The maximum absolute atomic E-state index is 5.96. The number of nitrogens with one attached hydrogen (secondary N) is 2. The van der Waals surface area contributed by atoms with Crippen LogP contribution in [0.5, 0.6) is 0 Å². The molecule has 0 aromatic carbocycles. The van der Waals surface area contributed by atoms with Crippen molar-refractivity contribution < 1.29 is 4.74 Å². The fraction of sp³-hybridized carbons (Fsp3) is 0.750. The topological polar surface area (TPSA) is 66.7 Å². The fourth-order valence-electron chi connectivity index (χ4n) is 3.32. The van der Waals surface area contributed by atoms with Gasteiger partial charge < -0.3 is 15.4 Å². The first-order valence-corrected chi connectivity index (χ1v) is 8.63. The van der Waals surface area contributed by atoms with Gasteiger partial charge in [0.05, 0.1) is 12.7 Å². The zero-order valence-corrected chi connectivity index (χ0v) is 13.9. The number of fused-ring (bicyclic) bond motifs is 1. The molecule has 2 N–H and O–H groups in total. The summed E-state index contributed by atoms with van der Waals surface area (Å²) in [5.41, 5.74) is 0. The Morgan fingerprint density at radius 1 is 1.43 bits per heavy atom. The molecule has 23 heavy (non-hydrogen) atoms. The highest BCUT2D eigenvalue weighted by atomic mass is 16.5. The average molecular weight is 320 g/mol. The van der Waals surface area contributed by atoms with Crippen molar-refractivity contribution in [2.45, 2.75) is 38.0 Å². The molecule has 2 aliphatic rings. The van der Waals surface area contributed by atoms with Crippen LogP contribution in [0.15, 0.2) is 23.5 Å². The number of aromatic nitrogens is 2. The summed E-state index contributed by atoms with van der Waals surface area (Å²) in [6, 6.07) is 2.61. The number of hydrogen-bond acceptors (Lipinski definition) is 4. The molecule has 2 fully saturated rings. The lowest BCUT2D eigenvalue weighted by atomic mass is 10.2. The van der Waals surface area contributed by atoms with Gasteiger partial charge in [0.15, 0.2) is 5.96 Å². The van der Waals surface area contributed by atoms with E-state index in [1.54, 1.807) is 7.05 Å². The van der Waals surface area contributed by atoms with Crippen molar-refractivity contribution in [1.29, 1.82) is 0 Å². The van der Waals surface area contributed by atoms with E-state index >= 15 is 0 Å². The molecule has 0 radical (unpaired) electrons. The van der Waals surface area contributed by atoms with E-state index in [-0.39, 0.29) is 6.10 Å². The van der Waals surface area contributed by atoms with Crippen LogP contribution in [0.2, 0.25) is 0 Å². The Balaban J connectivity index is 1.31. The highest BCUT2D eigenvalue weighted by Crippen LogP contribution is 2.22. The smallest absolute Gasteiger partial charge is 0.191 e. The third-order valence-corrected chi connectivity index (χ3v) is 4.60. The average Bonchev–Trinajstić information content (AvgIpc) is 3.25. The van der Waals surface area contributed by atoms with E-state index in [1.165, 1.54) is 19.4 Å². The van der Waals surface area contributed by atoms with Gasteiger partial charge in [-0.15, -0.1) is 0 Å². The highest BCUT2D eigenvalue weighted by molar-refractivity contribution is 5.79. The third-order valence-electron chi connectivity index (χ3n) is 4.60. The molecule has 3 heterocycles. The van der Waals surface area contributed by atoms with Crippen molar-refractivity contribution in [3.63, 3.8) is 0 Å². The Kier molecular flexibility index (Phi) is 5.87. The van der Waals surface area contributed by atoms with Crippen LogP contribution < -0.4 is 10.6 Å². The second-order valence-corrected chi connectivity index (χ2v) is 6.25. The van der Waals surface area contributed by atoms with E-state index in [0.717, 1.165) is 45.2 Å². The van der Waals surface area contributed by atoms with E-state index in [2.05, 4.69) is 25.6 Å². The summed E-state index contributed by atoms with van der Waals surface area (Å²) in [5.74, 6) is 0.845. The van der Waals surface area contributed by atoms with Gasteiger partial charge in [0.25, 0.3) is 0 Å². The molecule has 0 bridgehead atoms. The molecule has 0 saturated carbocycles. The normalized spacial score (nSPS) is 25.3. The number of hydrogen-bond donors (Lipinski definition) is 2. The van der Waals surface area contributed by atoms with Crippen LogP contribution in [0.25, 0.3) is 0 Å². The van der Waals surface area contributed by atoms with Gasteiger partial charge in [-0.3, -0.25) is 14.6 Å². The lowest BCUT2D eigenvalue weighted by Gasteiger charge is -2.35. The number of rotatable bonds is 6. The summed E-state index contributed by atoms with van der Waals surface area (Å²) in [6.45, 7) is 5.74. The molecule has 7 heteroatoms. The quantitative estimate of drug-likeness (QED) is 0.448. The molecular weight excluding hydrogens is 292 g/mol. The lowest BCUT2D eigenvalue weighted by Crippen LogP contribution is -2.51. The monoisotopic (exact) mass is 320 g/mol. The molecule has 128 valence electrons. The van der Waals surface area contributed by atoms with Crippen molar-refractivity contribution in [2.75, 3.05) is 39.8 Å². The highest BCUT2D eigenvalue weighted by Gasteiger charge is 2.31. The van der Waals surface area contributed by atoms with Gasteiger partial charge in [0.1, 0.15) is 0 Å². The maximum atomic E-state index is 5.96. The second kappa shape index (κ2) is 8.31. The molecule has 2 aliphatic heterocycles. The molecule has 1 aromatic heterocycles. The zero-order valence-electron chi connectivity index (χ0n) is 13.9. The molecule has 3 rings (SSSR count). The predicted molar refractivity (Wildman–Crippen MR) is 90.5 cm³/mol. The minimum atomic E-state index is 0.256. The van der Waals surface area contributed by atoms with Crippen LogP contribution in [-0.2, 0) is 11.3 Å².